The molecule has 0 saturated carbocycles. The highest BCUT2D eigenvalue weighted by molar-refractivity contribution is 6.30. The van der Waals surface area contributed by atoms with Gasteiger partial charge in [-0.3, -0.25) is 4.79 Å². The smallest absolute Gasteiger partial charge is 0.242 e. The van der Waals surface area contributed by atoms with Crippen LogP contribution < -0.4 is 14.9 Å². The van der Waals surface area contributed by atoms with Crippen molar-refractivity contribution < 1.29 is 19.4 Å². The van der Waals surface area contributed by atoms with E-state index in [9.17, 15) is 4.79 Å². The molecule has 138 valence electrons. The van der Waals surface area contributed by atoms with Crippen molar-refractivity contribution in [3.05, 3.63) is 58.6 Å². The number of aliphatic hydroxyl groups is 1. The third-order valence-electron chi connectivity index (χ3n) is 3.38. The van der Waals surface area contributed by atoms with Crippen LogP contribution in [-0.2, 0) is 11.4 Å². The summed E-state index contributed by atoms with van der Waals surface area (Å²) in [5, 5.41) is 13.7. The van der Waals surface area contributed by atoms with Crippen molar-refractivity contribution >= 4 is 23.7 Å². The summed E-state index contributed by atoms with van der Waals surface area (Å²) in [6.45, 7) is 1.92. The first-order chi connectivity index (χ1) is 12.5. The minimum Gasteiger partial charge on any atom is -0.493 e. The molecule has 26 heavy (non-hydrogen) atoms. The maximum atomic E-state index is 11.4. The summed E-state index contributed by atoms with van der Waals surface area (Å²) in [5.41, 5.74) is 4.08. The number of amides is 1. The minimum atomic E-state index is -0.706. The molecule has 0 bridgehead atoms. The molecule has 2 rings (SSSR count). The Kier molecular flexibility index (Phi) is 7.44. The number of carbonyl (C=O) groups is 1. The van der Waals surface area contributed by atoms with Gasteiger partial charge in [-0.1, -0.05) is 23.7 Å². The molecule has 2 aromatic carbocycles. The molecular weight excluding hydrogens is 356 g/mol. The van der Waals surface area contributed by atoms with Crippen LogP contribution in [-0.4, -0.2) is 30.4 Å². The molecule has 0 heterocycles. The number of rotatable bonds is 8. The van der Waals surface area contributed by atoms with E-state index in [-0.39, 0.29) is 12.3 Å². The number of methoxy groups -OCH3 is 1. The Balaban J connectivity index is 1.97. The van der Waals surface area contributed by atoms with E-state index >= 15 is 0 Å². The maximum absolute atomic E-state index is 11.4. The lowest BCUT2D eigenvalue weighted by molar-refractivity contribution is -0.122. The fourth-order valence-corrected chi connectivity index (χ4v) is 2.24. The fourth-order valence-electron chi connectivity index (χ4n) is 2.12. The van der Waals surface area contributed by atoms with E-state index in [1.165, 1.54) is 13.1 Å². The van der Waals surface area contributed by atoms with E-state index in [2.05, 4.69) is 10.5 Å². The second-order valence-electron chi connectivity index (χ2n) is 5.67. The third kappa shape index (κ3) is 6.38. The number of hydrogen-bond donors (Lipinski definition) is 2. The lowest BCUT2D eigenvalue weighted by Gasteiger charge is -2.11. The molecule has 0 aliphatic heterocycles. The summed E-state index contributed by atoms with van der Waals surface area (Å²) >= 11 is 5.87. The first-order valence-electron chi connectivity index (χ1n) is 8.03. The van der Waals surface area contributed by atoms with Gasteiger partial charge in [-0.25, -0.2) is 5.43 Å². The maximum Gasteiger partial charge on any atom is 0.242 e. The Hall–Kier alpha value is -2.57. The summed E-state index contributed by atoms with van der Waals surface area (Å²) in [7, 11) is 1.55. The number of nitrogens with zero attached hydrogens (tertiary/aromatic N) is 1. The molecule has 0 radical (unpaired) electrons. The quantitative estimate of drug-likeness (QED) is 0.548. The van der Waals surface area contributed by atoms with Crippen molar-refractivity contribution in [3.63, 3.8) is 0 Å². The number of aliphatic hydroxyl groups excluding tert-OH is 1. The topological polar surface area (TPSA) is 80.2 Å². The van der Waals surface area contributed by atoms with E-state index < -0.39 is 6.10 Å². The van der Waals surface area contributed by atoms with Gasteiger partial charge in [0.1, 0.15) is 6.61 Å². The molecule has 7 heteroatoms. The summed E-state index contributed by atoms with van der Waals surface area (Å²) in [6, 6.07) is 12.7. The SMILES string of the molecule is COc1cc(C=NNC(=O)CC(C)O)ccc1OCc1ccc(Cl)cc1. The number of nitrogens with one attached hydrogen (secondary N) is 1. The molecule has 0 saturated heterocycles. The molecule has 0 aromatic heterocycles. The number of carbonyl (C=O) groups excluding carboxylic acids is 1. The molecule has 1 amide bonds. The van der Waals surface area contributed by atoms with Crippen molar-refractivity contribution in [2.75, 3.05) is 7.11 Å². The number of hydrogen-bond acceptors (Lipinski definition) is 5. The third-order valence-corrected chi connectivity index (χ3v) is 3.63. The number of ether oxygens (including phenoxy) is 2. The van der Waals surface area contributed by atoms with Crippen molar-refractivity contribution in [2.45, 2.75) is 26.1 Å². The summed E-state index contributed by atoms with van der Waals surface area (Å²) in [5.74, 6) is 0.794. The van der Waals surface area contributed by atoms with Crippen LogP contribution in [0.25, 0.3) is 0 Å². The van der Waals surface area contributed by atoms with Gasteiger partial charge in [-0.05, 0) is 48.4 Å². The zero-order valence-corrected chi connectivity index (χ0v) is 15.4. The highest BCUT2D eigenvalue weighted by Crippen LogP contribution is 2.28. The van der Waals surface area contributed by atoms with Crippen molar-refractivity contribution in [3.8, 4) is 11.5 Å². The van der Waals surface area contributed by atoms with Crippen LogP contribution in [0, 0.1) is 0 Å². The number of benzene rings is 2. The Morgan fingerprint density at radius 2 is 2.00 bits per heavy atom. The molecule has 0 fully saturated rings. The zero-order chi connectivity index (χ0) is 18.9. The van der Waals surface area contributed by atoms with Gasteiger partial charge < -0.3 is 14.6 Å². The summed E-state index contributed by atoms with van der Waals surface area (Å²) < 4.78 is 11.1. The van der Waals surface area contributed by atoms with Crippen LogP contribution in [0.4, 0.5) is 0 Å². The Labute approximate surface area is 157 Å². The lowest BCUT2D eigenvalue weighted by Crippen LogP contribution is -2.21. The number of hydrazone groups is 1. The monoisotopic (exact) mass is 376 g/mol. The Morgan fingerprint density at radius 1 is 1.27 bits per heavy atom. The van der Waals surface area contributed by atoms with E-state index in [4.69, 9.17) is 26.2 Å². The molecule has 0 spiro atoms. The second kappa shape index (κ2) is 9.79. The molecule has 2 aromatic rings. The van der Waals surface area contributed by atoms with Gasteiger partial charge in [0.15, 0.2) is 11.5 Å². The fraction of sp³-hybridized carbons (Fsp3) is 0.263. The van der Waals surface area contributed by atoms with Gasteiger partial charge in [-0.15, -0.1) is 0 Å². The van der Waals surface area contributed by atoms with Crippen molar-refractivity contribution in [1.29, 1.82) is 0 Å². The molecule has 1 atom stereocenters. The Bertz CT molecular complexity index is 761. The van der Waals surface area contributed by atoms with Crippen LogP contribution in [0.3, 0.4) is 0 Å². The van der Waals surface area contributed by atoms with Gasteiger partial charge in [0.25, 0.3) is 0 Å². The second-order valence-corrected chi connectivity index (χ2v) is 6.11. The highest BCUT2D eigenvalue weighted by atomic mass is 35.5. The normalized spacial score (nSPS) is 12.0. The molecule has 0 aliphatic carbocycles. The zero-order valence-electron chi connectivity index (χ0n) is 14.6. The van der Waals surface area contributed by atoms with Crippen LogP contribution in [0.15, 0.2) is 47.6 Å². The standard InChI is InChI=1S/C19H21ClN2O4/c1-13(23)9-19(24)22-21-11-15-5-8-17(18(10-15)25-2)26-12-14-3-6-16(20)7-4-14/h3-8,10-11,13,23H,9,12H2,1-2H3,(H,22,24). The molecule has 0 aliphatic rings. The molecular formula is C19H21ClN2O4. The minimum absolute atomic E-state index is 0.00185. The highest BCUT2D eigenvalue weighted by Gasteiger charge is 2.07. The predicted molar refractivity (Wildman–Crippen MR) is 101 cm³/mol. The summed E-state index contributed by atoms with van der Waals surface area (Å²) in [4.78, 5) is 11.4. The average Bonchev–Trinajstić information content (AvgIpc) is 2.61. The van der Waals surface area contributed by atoms with Gasteiger partial charge in [0.05, 0.1) is 25.8 Å². The van der Waals surface area contributed by atoms with E-state index in [0.717, 1.165) is 11.1 Å². The van der Waals surface area contributed by atoms with Crippen molar-refractivity contribution in [1.82, 2.24) is 5.43 Å². The van der Waals surface area contributed by atoms with Crippen LogP contribution in [0.5, 0.6) is 11.5 Å². The van der Waals surface area contributed by atoms with Gasteiger partial charge in [0, 0.05) is 5.02 Å². The summed E-state index contributed by atoms with van der Waals surface area (Å²) in [6.07, 6.45) is 0.784. The molecule has 2 N–H and O–H groups in total. The first kappa shape index (κ1) is 19.8. The predicted octanol–water partition coefficient (Wildman–Crippen LogP) is 3.15. The lowest BCUT2D eigenvalue weighted by atomic mass is 10.2. The van der Waals surface area contributed by atoms with Crippen LogP contribution in [0.1, 0.15) is 24.5 Å². The van der Waals surface area contributed by atoms with Gasteiger partial charge in [-0.2, -0.15) is 5.10 Å². The van der Waals surface area contributed by atoms with Gasteiger partial charge in [0.2, 0.25) is 5.91 Å². The van der Waals surface area contributed by atoms with Crippen LogP contribution >= 0.6 is 11.6 Å². The molecule has 1 unspecified atom stereocenters. The van der Waals surface area contributed by atoms with E-state index in [0.29, 0.717) is 23.1 Å². The van der Waals surface area contributed by atoms with Crippen molar-refractivity contribution in [2.24, 2.45) is 5.10 Å². The molecule has 6 nitrogen and oxygen atoms in total. The van der Waals surface area contributed by atoms with E-state index in [1.54, 1.807) is 25.3 Å². The largest absolute Gasteiger partial charge is 0.493 e. The Morgan fingerprint density at radius 3 is 2.65 bits per heavy atom. The first-order valence-corrected chi connectivity index (χ1v) is 8.41. The van der Waals surface area contributed by atoms with Gasteiger partial charge >= 0.3 is 0 Å². The van der Waals surface area contributed by atoms with Crippen LogP contribution in [0.2, 0.25) is 5.02 Å². The average molecular weight is 377 g/mol. The number of halogens is 1. The van der Waals surface area contributed by atoms with E-state index in [1.807, 2.05) is 24.3 Å².